The van der Waals surface area contributed by atoms with Gasteiger partial charge in [0, 0.05) is 42.0 Å². The number of hydrogen-bond donors (Lipinski definition) is 2. The van der Waals surface area contributed by atoms with Crippen LogP contribution in [0.1, 0.15) is 34.4 Å². The van der Waals surface area contributed by atoms with Crippen LogP contribution in [-0.4, -0.2) is 38.2 Å². The Morgan fingerprint density at radius 1 is 1.19 bits per heavy atom. The van der Waals surface area contributed by atoms with Crippen LogP contribution in [0.5, 0.6) is 11.5 Å². The Morgan fingerprint density at radius 2 is 2.00 bits per heavy atom. The molecule has 0 bridgehead atoms. The quantitative estimate of drug-likeness (QED) is 0.740. The third-order valence-corrected chi connectivity index (χ3v) is 5.43. The number of rotatable bonds is 3. The lowest BCUT2D eigenvalue weighted by atomic mass is 9.95. The minimum absolute atomic E-state index is 0.0666. The first-order valence-corrected chi connectivity index (χ1v) is 8.92. The van der Waals surface area contributed by atoms with Crippen molar-refractivity contribution in [1.82, 2.24) is 24.8 Å². The number of halogens is 1. The highest BCUT2D eigenvalue weighted by Gasteiger charge is 2.34. The molecule has 1 aromatic carbocycles. The van der Waals surface area contributed by atoms with Crippen molar-refractivity contribution < 1.29 is 9.47 Å². The average Bonchev–Trinajstić information content (AvgIpc) is 3.35. The summed E-state index contributed by atoms with van der Waals surface area (Å²) in [5.74, 6) is 1.41. The molecule has 0 fully saturated rings. The Labute approximate surface area is 155 Å². The molecule has 26 heavy (non-hydrogen) atoms. The van der Waals surface area contributed by atoms with E-state index in [-0.39, 0.29) is 12.8 Å². The van der Waals surface area contributed by atoms with Crippen molar-refractivity contribution in [2.75, 3.05) is 13.3 Å². The van der Waals surface area contributed by atoms with Gasteiger partial charge in [-0.2, -0.15) is 0 Å². The standard InChI is InChI=1S/C18H18ClN5O2/c1-10-14(22-7-20-10)6-24-3-2-13-17(23-8-21-13)18(24)11-4-15-16(5-12(11)19)26-9-25-15/h4-5,7-8,18H,2-3,6,9H2,1H3,(H,20,22)(H,21,23)/t18-/m0/s1. The van der Waals surface area contributed by atoms with Crippen LogP contribution in [-0.2, 0) is 13.0 Å². The summed E-state index contributed by atoms with van der Waals surface area (Å²) >= 11 is 6.63. The third kappa shape index (κ3) is 2.47. The number of aromatic amines is 2. The van der Waals surface area contributed by atoms with E-state index in [0.29, 0.717) is 10.8 Å². The van der Waals surface area contributed by atoms with E-state index >= 15 is 0 Å². The van der Waals surface area contributed by atoms with Gasteiger partial charge in [-0.25, -0.2) is 9.97 Å². The van der Waals surface area contributed by atoms with Crippen LogP contribution in [0.3, 0.4) is 0 Å². The van der Waals surface area contributed by atoms with Crippen LogP contribution in [0.25, 0.3) is 0 Å². The van der Waals surface area contributed by atoms with Gasteiger partial charge in [-0.05, 0) is 18.6 Å². The van der Waals surface area contributed by atoms with E-state index in [1.54, 1.807) is 12.7 Å². The number of aryl methyl sites for hydroxylation is 1. The van der Waals surface area contributed by atoms with Crippen molar-refractivity contribution in [2.24, 2.45) is 0 Å². The highest BCUT2D eigenvalue weighted by atomic mass is 35.5. The molecule has 2 N–H and O–H groups in total. The van der Waals surface area contributed by atoms with Crippen LogP contribution in [0.4, 0.5) is 0 Å². The number of hydrogen-bond acceptors (Lipinski definition) is 5. The monoisotopic (exact) mass is 371 g/mol. The molecule has 3 aromatic rings. The molecule has 0 unspecified atom stereocenters. The van der Waals surface area contributed by atoms with Gasteiger partial charge in [-0.15, -0.1) is 0 Å². The van der Waals surface area contributed by atoms with E-state index in [1.807, 2.05) is 19.1 Å². The Morgan fingerprint density at radius 3 is 2.81 bits per heavy atom. The van der Waals surface area contributed by atoms with Gasteiger partial charge in [0.25, 0.3) is 0 Å². The van der Waals surface area contributed by atoms with Crippen molar-refractivity contribution in [3.63, 3.8) is 0 Å². The molecule has 2 aliphatic rings. The number of benzene rings is 1. The van der Waals surface area contributed by atoms with Crippen molar-refractivity contribution in [1.29, 1.82) is 0 Å². The summed E-state index contributed by atoms with van der Waals surface area (Å²) in [5.41, 5.74) is 5.24. The van der Waals surface area contributed by atoms with Gasteiger partial charge in [-0.1, -0.05) is 11.6 Å². The molecule has 0 radical (unpaired) electrons. The molecule has 4 heterocycles. The fourth-order valence-electron chi connectivity index (χ4n) is 3.72. The second kappa shape index (κ2) is 6.03. The van der Waals surface area contributed by atoms with Gasteiger partial charge in [0.05, 0.1) is 30.1 Å². The summed E-state index contributed by atoms with van der Waals surface area (Å²) in [6, 6.07) is 3.74. The summed E-state index contributed by atoms with van der Waals surface area (Å²) in [5, 5.41) is 0.652. The molecular weight excluding hydrogens is 354 g/mol. The van der Waals surface area contributed by atoms with E-state index in [9.17, 15) is 0 Å². The Balaban J connectivity index is 1.59. The maximum absolute atomic E-state index is 6.63. The second-order valence-corrected chi connectivity index (χ2v) is 7.00. The van der Waals surface area contributed by atoms with Crippen LogP contribution in [0.2, 0.25) is 5.02 Å². The van der Waals surface area contributed by atoms with E-state index < -0.39 is 0 Å². The van der Waals surface area contributed by atoms with Gasteiger partial charge in [0.2, 0.25) is 6.79 Å². The maximum Gasteiger partial charge on any atom is 0.231 e. The van der Waals surface area contributed by atoms with Crippen molar-refractivity contribution in [2.45, 2.75) is 25.9 Å². The zero-order chi connectivity index (χ0) is 17.7. The first-order chi connectivity index (χ1) is 12.7. The van der Waals surface area contributed by atoms with E-state index in [2.05, 4.69) is 24.8 Å². The second-order valence-electron chi connectivity index (χ2n) is 6.59. The molecule has 134 valence electrons. The lowest BCUT2D eigenvalue weighted by Gasteiger charge is -2.35. The number of aromatic nitrogens is 4. The van der Waals surface area contributed by atoms with Gasteiger partial charge in [-0.3, -0.25) is 4.90 Å². The maximum atomic E-state index is 6.63. The molecule has 0 spiro atoms. The zero-order valence-corrected chi connectivity index (χ0v) is 15.0. The Bertz CT molecular complexity index is 966. The van der Waals surface area contributed by atoms with Gasteiger partial charge < -0.3 is 19.4 Å². The predicted octanol–water partition coefficient (Wildman–Crippen LogP) is 2.97. The van der Waals surface area contributed by atoms with Gasteiger partial charge in [0.15, 0.2) is 11.5 Å². The average molecular weight is 372 g/mol. The lowest BCUT2D eigenvalue weighted by Crippen LogP contribution is -2.36. The third-order valence-electron chi connectivity index (χ3n) is 5.10. The van der Waals surface area contributed by atoms with Crippen molar-refractivity contribution >= 4 is 11.6 Å². The molecule has 2 aliphatic heterocycles. The fourth-order valence-corrected chi connectivity index (χ4v) is 3.98. The molecule has 5 rings (SSSR count). The number of imidazole rings is 2. The van der Waals surface area contributed by atoms with E-state index in [0.717, 1.165) is 53.6 Å². The molecule has 0 saturated heterocycles. The lowest BCUT2D eigenvalue weighted by molar-refractivity contribution is 0.173. The molecule has 0 amide bonds. The Hall–Kier alpha value is -2.51. The molecule has 2 aromatic heterocycles. The van der Waals surface area contributed by atoms with Crippen molar-refractivity contribution in [3.05, 3.63) is 58.1 Å². The molecule has 0 saturated carbocycles. The number of nitrogens with one attached hydrogen (secondary N) is 2. The SMILES string of the molecule is Cc1[nH]cnc1CN1CCc2[nH]cnc2[C@@H]1c1cc2c(cc1Cl)OCO2. The van der Waals surface area contributed by atoms with Crippen LogP contribution < -0.4 is 9.47 Å². The summed E-state index contributed by atoms with van der Waals surface area (Å²) in [6.45, 7) is 3.87. The first-order valence-electron chi connectivity index (χ1n) is 8.55. The van der Waals surface area contributed by atoms with Crippen LogP contribution in [0.15, 0.2) is 24.8 Å². The Kier molecular flexibility index (Phi) is 3.65. The molecule has 8 heteroatoms. The largest absolute Gasteiger partial charge is 0.454 e. The molecular formula is C18H18ClN5O2. The van der Waals surface area contributed by atoms with Gasteiger partial charge in [0.1, 0.15) is 0 Å². The van der Waals surface area contributed by atoms with Gasteiger partial charge >= 0.3 is 0 Å². The molecule has 7 nitrogen and oxygen atoms in total. The van der Waals surface area contributed by atoms with Crippen LogP contribution >= 0.6 is 11.6 Å². The van der Waals surface area contributed by atoms with Crippen LogP contribution in [0, 0.1) is 6.92 Å². The smallest absolute Gasteiger partial charge is 0.231 e. The topological polar surface area (TPSA) is 79.1 Å². The number of ether oxygens (including phenoxy) is 2. The minimum atomic E-state index is -0.0666. The number of fused-ring (bicyclic) bond motifs is 2. The normalized spacial score (nSPS) is 18.9. The molecule has 1 atom stereocenters. The van der Waals surface area contributed by atoms with Crippen molar-refractivity contribution in [3.8, 4) is 11.5 Å². The summed E-state index contributed by atoms with van der Waals surface area (Å²) in [7, 11) is 0. The zero-order valence-electron chi connectivity index (χ0n) is 14.3. The predicted molar refractivity (Wildman–Crippen MR) is 95.4 cm³/mol. The summed E-state index contributed by atoms with van der Waals surface area (Å²) in [6.07, 6.45) is 4.40. The highest BCUT2D eigenvalue weighted by Crippen LogP contribution is 2.43. The van der Waals surface area contributed by atoms with E-state index in [1.165, 1.54) is 0 Å². The first kappa shape index (κ1) is 15.7. The number of nitrogens with zero attached hydrogens (tertiary/aromatic N) is 3. The molecule has 0 aliphatic carbocycles. The number of H-pyrrole nitrogens is 2. The fraction of sp³-hybridized carbons (Fsp3) is 0.333. The summed E-state index contributed by atoms with van der Waals surface area (Å²) in [4.78, 5) is 17.8. The summed E-state index contributed by atoms with van der Waals surface area (Å²) < 4.78 is 11.0. The highest BCUT2D eigenvalue weighted by molar-refractivity contribution is 6.31. The van der Waals surface area contributed by atoms with E-state index in [4.69, 9.17) is 21.1 Å². The minimum Gasteiger partial charge on any atom is -0.454 e.